The SMILES string of the molecule is COc1ccc(COC(=O)Nc2cc(OC)c(OC)cc2C(=O)[O-])cc1. The Morgan fingerprint density at radius 2 is 1.58 bits per heavy atom. The van der Waals surface area contributed by atoms with Crippen molar-refractivity contribution in [3.05, 3.63) is 47.5 Å². The topological polar surface area (TPSA) is 106 Å². The van der Waals surface area contributed by atoms with Crippen molar-refractivity contribution in [1.82, 2.24) is 0 Å². The van der Waals surface area contributed by atoms with E-state index in [-0.39, 0.29) is 29.4 Å². The summed E-state index contributed by atoms with van der Waals surface area (Å²) >= 11 is 0. The van der Waals surface area contributed by atoms with Crippen LogP contribution in [0.25, 0.3) is 0 Å². The standard InChI is InChI=1S/C18H19NO7/c1-23-12-6-4-11(5-7-12)10-26-18(22)19-14-9-16(25-3)15(24-2)8-13(14)17(20)21/h4-9H,10H2,1-3H3,(H,19,22)(H,20,21)/p-1. The Balaban J connectivity index is 2.10. The highest BCUT2D eigenvalue weighted by molar-refractivity contribution is 5.98. The number of anilines is 1. The second-order valence-corrected chi connectivity index (χ2v) is 5.09. The van der Waals surface area contributed by atoms with Crippen LogP contribution in [-0.4, -0.2) is 33.4 Å². The molecule has 0 aromatic heterocycles. The van der Waals surface area contributed by atoms with Gasteiger partial charge >= 0.3 is 6.09 Å². The fraction of sp³-hybridized carbons (Fsp3) is 0.222. The molecule has 0 unspecified atom stereocenters. The molecule has 0 saturated heterocycles. The summed E-state index contributed by atoms with van der Waals surface area (Å²) in [5.41, 5.74) is 0.458. The minimum absolute atomic E-state index is 0.00374. The normalized spacial score (nSPS) is 9.96. The summed E-state index contributed by atoms with van der Waals surface area (Å²) in [5.74, 6) is -0.342. The molecule has 8 heteroatoms. The summed E-state index contributed by atoms with van der Waals surface area (Å²) < 4.78 is 20.3. The fourth-order valence-corrected chi connectivity index (χ4v) is 2.17. The van der Waals surface area contributed by atoms with Crippen LogP contribution in [0.15, 0.2) is 36.4 Å². The first-order chi connectivity index (χ1) is 12.5. The van der Waals surface area contributed by atoms with Crippen molar-refractivity contribution in [2.75, 3.05) is 26.6 Å². The molecule has 1 amide bonds. The first-order valence-corrected chi connectivity index (χ1v) is 7.52. The van der Waals surface area contributed by atoms with Gasteiger partial charge in [0.1, 0.15) is 12.4 Å². The maximum atomic E-state index is 12.0. The van der Waals surface area contributed by atoms with Gasteiger partial charge in [-0.15, -0.1) is 0 Å². The first kappa shape index (κ1) is 18.9. The minimum Gasteiger partial charge on any atom is -0.545 e. The number of hydrogen-bond acceptors (Lipinski definition) is 7. The van der Waals surface area contributed by atoms with Crippen LogP contribution in [0.5, 0.6) is 17.2 Å². The summed E-state index contributed by atoms with van der Waals surface area (Å²) in [7, 11) is 4.31. The number of methoxy groups -OCH3 is 3. The van der Waals surface area contributed by atoms with Crippen LogP contribution < -0.4 is 24.6 Å². The van der Waals surface area contributed by atoms with Gasteiger partial charge < -0.3 is 28.8 Å². The number of rotatable bonds is 7. The number of carboxylic acid groups (broad SMARTS) is 1. The molecule has 0 saturated carbocycles. The number of ether oxygens (including phenoxy) is 4. The molecule has 138 valence electrons. The van der Waals surface area contributed by atoms with E-state index in [1.54, 1.807) is 31.4 Å². The Kier molecular flexibility index (Phi) is 6.26. The maximum absolute atomic E-state index is 12.0. The first-order valence-electron chi connectivity index (χ1n) is 7.52. The third kappa shape index (κ3) is 4.56. The van der Waals surface area contributed by atoms with E-state index in [2.05, 4.69) is 5.32 Å². The fourth-order valence-electron chi connectivity index (χ4n) is 2.17. The molecule has 2 aromatic rings. The zero-order valence-corrected chi connectivity index (χ0v) is 14.5. The monoisotopic (exact) mass is 360 g/mol. The lowest BCUT2D eigenvalue weighted by molar-refractivity contribution is -0.254. The van der Waals surface area contributed by atoms with E-state index in [9.17, 15) is 14.7 Å². The molecular formula is C18H18NO7-. The lowest BCUT2D eigenvalue weighted by atomic mass is 10.1. The summed E-state index contributed by atoms with van der Waals surface area (Å²) in [6.45, 7) is 0.00374. The van der Waals surface area contributed by atoms with E-state index in [1.165, 1.54) is 26.4 Å². The molecule has 2 aromatic carbocycles. The summed E-state index contributed by atoms with van der Waals surface area (Å²) in [6.07, 6.45) is -0.824. The molecule has 8 nitrogen and oxygen atoms in total. The molecule has 0 atom stereocenters. The average Bonchev–Trinajstić information content (AvgIpc) is 2.66. The Morgan fingerprint density at radius 1 is 0.962 bits per heavy atom. The van der Waals surface area contributed by atoms with Gasteiger partial charge in [-0.1, -0.05) is 12.1 Å². The van der Waals surface area contributed by atoms with Crippen LogP contribution in [-0.2, 0) is 11.3 Å². The van der Waals surface area contributed by atoms with Gasteiger partial charge in [0.15, 0.2) is 11.5 Å². The summed E-state index contributed by atoms with van der Waals surface area (Å²) in [6, 6.07) is 9.48. The van der Waals surface area contributed by atoms with Gasteiger partial charge in [-0.05, 0) is 23.8 Å². The van der Waals surface area contributed by atoms with Crippen molar-refractivity contribution in [2.45, 2.75) is 6.61 Å². The van der Waals surface area contributed by atoms with E-state index in [0.717, 1.165) is 5.56 Å². The largest absolute Gasteiger partial charge is 0.545 e. The lowest BCUT2D eigenvalue weighted by Gasteiger charge is -2.16. The number of carbonyl (C=O) groups is 2. The highest BCUT2D eigenvalue weighted by Gasteiger charge is 2.15. The second kappa shape index (κ2) is 8.61. The average molecular weight is 360 g/mol. The predicted molar refractivity (Wildman–Crippen MR) is 90.7 cm³/mol. The molecule has 0 aliphatic heterocycles. The van der Waals surface area contributed by atoms with Crippen LogP contribution in [0.4, 0.5) is 10.5 Å². The van der Waals surface area contributed by atoms with Crippen molar-refractivity contribution in [3.8, 4) is 17.2 Å². The number of amides is 1. The molecule has 0 bridgehead atoms. The van der Waals surface area contributed by atoms with E-state index in [4.69, 9.17) is 18.9 Å². The van der Waals surface area contributed by atoms with Crippen molar-refractivity contribution in [1.29, 1.82) is 0 Å². The molecular weight excluding hydrogens is 342 g/mol. The Bertz CT molecular complexity index is 787. The molecule has 0 aliphatic carbocycles. The van der Waals surface area contributed by atoms with Gasteiger partial charge in [0, 0.05) is 11.6 Å². The van der Waals surface area contributed by atoms with E-state index in [0.29, 0.717) is 5.75 Å². The van der Waals surface area contributed by atoms with E-state index >= 15 is 0 Å². The van der Waals surface area contributed by atoms with Crippen LogP contribution in [0.1, 0.15) is 15.9 Å². The molecule has 26 heavy (non-hydrogen) atoms. The third-order valence-electron chi connectivity index (χ3n) is 3.51. The van der Waals surface area contributed by atoms with E-state index in [1.807, 2.05) is 0 Å². The van der Waals surface area contributed by atoms with Crippen molar-refractivity contribution in [2.24, 2.45) is 0 Å². The van der Waals surface area contributed by atoms with Crippen molar-refractivity contribution >= 4 is 17.7 Å². The number of carboxylic acids is 1. The Morgan fingerprint density at radius 3 is 2.12 bits per heavy atom. The zero-order chi connectivity index (χ0) is 19.1. The number of carbonyl (C=O) groups excluding carboxylic acids is 2. The van der Waals surface area contributed by atoms with Crippen LogP contribution >= 0.6 is 0 Å². The van der Waals surface area contributed by atoms with Gasteiger partial charge in [0.2, 0.25) is 0 Å². The molecule has 0 fully saturated rings. The molecule has 1 N–H and O–H groups in total. The minimum atomic E-state index is -1.48. The molecule has 2 rings (SSSR count). The summed E-state index contributed by atoms with van der Waals surface area (Å²) in [4.78, 5) is 23.3. The predicted octanol–water partition coefficient (Wildman–Crippen LogP) is 1.82. The quantitative estimate of drug-likeness (QED) is 0.803. The van der Waals surface area contributed by atoms with Crippen LogP contribution in [0.2, 0.25) is 0 Å². The van der Waals surface area contributed by atoms with Gasteiger partial charge in [-0.25, -0.2) is 4.79 Å². The highest BCUT2D eigenvalue weighted by atomic mass is 16.5. The number of benzene rings is 2. The smallest absolute Gasteiger partial charge is 0.411 e. The Hall–Kier alpha value is -3.42. The summed E-state index contributed by atoms with van der Waals surface area (Å²) in [5, 5.41) is 13.7. The van der Waals surface area contributed by atoms with Crippen molar-refractivity contribution in [3.63, 3.8) is 0 Å². The molecule has 0 spiro atoms. The van der Waals surface area contributed by atoms with Crippen LogP contribution in [0.3, 0.4) is 0 Å². The van der Waals surface area contributed by atoms with Crippen LogP contribution in [0, 0.1) is 0 Å². The van der Waals surface area contributed by atoms with Gasteiger partial charge in [-0.3, -0.25) is 5.32 Å². The van der Waals surface area contributed by atoms with Crippen molar-refractivity contribution < 1.29 is 33.6 Å². The lowest BCUT2D eigenvalue weighted by Crippen LogP contribution is -2.25. The third-order valence-corrected chi connectivity index (χ3v) is 3.51. The maximum Gasteiger partial charge on any atom is 0.411 e. The number of nitrogens with one attached hydrogen (secondary N) is 1. The Labute approximate surface area is 150 Å². The van der Waals surface area contributed by atoms with E-state index < -0.39 is 12.1 Å². The second-order valence-electron chi connectivity index (χ2n) is 5.09. The van der Waals surface area contributed by atoms with Gasteiger partial charge in [-0.2, -0.15) is 0 Å². The zero-order valence-electron chi connectivity index (χ0n) is 14.5. The number of hydrogen-bond donors (Lipinski definition) is 1. The molecule has 0 aliphatic rings. The van der Waals surface area contributed by atoms with Gasteiger partial charge in [0.25, 0.3) is 0 Å². The molecule has 0 radical (unpaired) electrons. The number of aromatic carboxylic acids is 1. The molecule has 0 heterocycles. The highest BCUT2D eigenvalue weighted by Crippen LogP contribution is 2.33. The van der Waals surface area contributed by atoms with Gasteiger partial charge in [0.05, 0.1) is 33.0 Å².